The van der Waals surface area contributed by atoms with Crippen molar-refractivity contribution in [2.45, 2.75) is 19.4 Å². The molecule has 0 atom stereocenters. The number of ether oxygens (including phenoxy) is 1. The average molecular weight is 273 g/mol. The zero-order valence-corrected chi connectivity index (χ0v) is 11.6. The van der Waals surface area contributed by atoms with Crippen molar-refractivity contribution in [3.8, 4) is 17.1 Å². The lowest BCUT2D eigenvalue weighted by atomic mass is 9.98. The zero-order valence-electron chi connectivity index (χ0n) is 11.6. The van der Waals surface area contributed by atoms with Crippen LogP contribution in [0.2, 0.25) is 0 Å². The number of para-hydroxylation sites is 1. The van der Waals surface area contributed by atoms with Gasteiger partial charge in [0.05, 0.1) is 12.7 Å². The van der Waals surface area contributed by atoms with Crippen LogP contribution < -0.4 is 10.1 Å². The van der Waals surface area contributed by atoms with Crippen molar-refractivity contribution in [2.75, 3.05) is 20.2 Å². The van der Waals surface area contributed by atoms with E-state index in [0.717, 1.165) is 36.8 Å². The minimum absolute atomic E-state index is 0.633. The number of piperidine rings is 1. The second kappa shape index (κ2) is 6.00. The number of hydrogen-bond acceptors (Lipinski definition) is 5. The van der Waals surface area contributed by atoms with Gasteiger partial charge in [-0.25, -0.2) is 4.68 Å². The highest BCUT2D eigenvalue weighted by Crippen LogP contribution is 2.28. The quantitative estimate of drug-likeness (QED) is 0.911. The predicted octanol–water partition coefficient (Wildman–Crippen LogP) is 1.35. The lowest BCUT2D eigenvalue weighted by Gasteiger charge is -2.22. The summed E-state index contributed by atoms with van der Waals surface area (Å²) in [6, 6.07) is 7.84. The van der Waals surface area contributed by atoms with Crippen molar-refractivity contribution < 1.29 is 4.74 Å². The first-order chi connectivity index (χ1) is 9.88. The first-order valence-corrected chi connectivity index (χ1v) is 6.99. The van der Waals surface area contributed by atoms with Gasteiger partial charge in [-0.3, -0.25) is 0 Å². The summed E-state index contributed by atoms with van der Waals surface area (Å²) in [7, 11) is 1.67. The van der Waals surface area contributed by atoms with Gasteiger partial charge in [0.1, 0.15) is 5.75 Å². The molecule has 6 heteroatoms. The number of hydrogen-bond donors (Lipinski definition) is 1. The molecule has 0 bridgehead atoms. The van der Waals surface area contributed by atoms with Crippen molar-refractivity contribution in [2.24, 2.45) is 5.92 Å². The van der Waals surface area contributed by atoms with Crippen LogP contribution in [-0.2, 0) is 6.54 Å². The Labute approximate surface area is 118 Å². The Hall–Kier alpha value is -1.95. The molecule has 0 saturated carbocycles. The molecule has 106 valence electrons. The SMILES string of the molecule is COc1ccccc1-c1nnnn1CC1CCNCC1. The fraction of sp³-hybridized carbons (Fsp3) is 0.500. The summed E-state index contributed by atoms with van der Waals surface area (Å²) in [5.74, 6) is 2.21. The molecule has 1 aliphatic heterocycles. The fourth-order valence-electron chi connectivity index (χ4n) is 2.66. The van der Waals surface area contributed by atoms with Crippen LogP contribution in [0.5, 0.6) is 5.75 Å². The third-order valence-corrected chi connectivity index (χ3v) is 3.77. The predicted molar refractivity (Wildman–Crippen MR) is 75.4 cm³/mol. The number of tetrazole rings is 1. The summed E-state index contributed by atoms with van der Waals surface area (Å²) >= 11 is 0. The lowest BCUT2D eigenvalue weighted by Crippen LogP contribution is -2.30. The van der Waals surface area contributed by atoms with Gasteiger partial charge in [0.15, 0.2) is 5.82 Å². The van der Waals surface area contributed by atoms with Crippen molar-refractivity contribution >= 4 is 0 Å². The van der Waals surface area contributed by atoms with Crippen LogP contribution in [0, 0.1) is 5.92 Å². The fourth-order valence-corrected chi connectivity index (χ4v) is 2.66. The lowest BCUT2D eigenvalue weighted by molar-refractivity contribution is 0.319. The smallest absolute Gasteiger partial charge is 0.185 e. The average Bonchev–Trinajstić information content (AvgIpc) is 2.96. The van der Waals surface area contributed by atoms with E-state index < -0.39 is 0 Å². The molecule has 1 N–H and O–H groups in total. The van der Waals surface area contributed by atoms with Crippen LogP contribution >= 0.6 is 0 Å². The molecule has 3 rings (SSSR count). The number of methoxy groups -OCH3 is 1. The number of benzene rings is 1. The molecule has 0 aliphatic carbocycles. The van der Waals surface area contributed by atoms with E-state index in [0.29, 0.717) is 5.92 Å². The molecule has 1 fully saturated rings. The normalized spacial score (nSPS) is 16.2. The van der Waals surface area contributed by atoms with Crippen LogP contribution in [0.1, 0.15) is 12.8 Å². The molecule has 0 spiro atoms. The van der Waals surface area contributed by atoms with Crippen LogP contribution in [0.25, 0.3) is 11.4 Å². The Morgan fingerprint density at radius 2 is 2.10 bits per heavy atom. The first kappa shape index (κ1) is 13.1. The monoisotopic (exact) mass is 273 g/mol. The molecule has 1 aromatic carbocycles. The van der Waals surface area contributed by atoms with Crippen LogP contribution in [0.15, 0.2) is 24.3 Å². The molecule has 1 saturated heterocycles. The maximum absolute atomic E-state index is 5.40. The standard InChI is InChI=1S/C14H19N5O/c1-20-13-5-3-2-4-12(13)14-16-17-18-19(14)10-11-6-8-15-9-7-11/h2-5,11,15H,6-10H2,1H3. The maximum Gasteiger partial charge on any atom is 0.185 e. The van der Waals surface area contributed by atoms with E-state index in [4.69, 9.17) is 4.74 Å². The number of rotatable bonds is 4. The highest BCUT2D eigenvalue weighted by molar-refractivity contribution is 5.63. The topological polar surface area (TPSA) is 64.9 Å². The Morgan fingerprint density at radius 3 is 2.90 bits per heavy atom. The summed E-state index contributed by atoms with van der Waals surface area (Å²) in [4.78, 5) is 0. The number of nitrogens with one attached hydrogen (secondary N) is 1. The first-order valence-electron chi connectivity index (χ1n) is 6.99. The van der Waals surface area contributed by atoms with E-state index in [-0.39, 0.29) is 0 Å². The van der Waals surface area contributed by atoms with E-state index in [1.807, 2.05) is 28.9 Å². The molecule has 0 amide bonds. The summed E-state index contributed by atoms with van der Waals surface area (Å²) in [5, 5.41) is 15.5. The Bertz CT molecular complexity index is 562. The molecule has 20 heavy (non-hydrogen) atoms. The molecule has 6 nitrogen and oxygen atoms in total. The van der Waals surface area contributed by atoms with Gasteiger partial charge < -0.3 is 10.1 Å². The Morgan fingerprint density at radius 1 is 1.30 bits per heavy atom. The molecule has 0 radical (unpaired) electrons. The molecule has 1 aliphatic rings. The van der Waals surface area contributed by atoms with Gasteiger partial charge >= 0.3 is 0 Å². The maximum atomic E-state index is 5.40. The molecule has 1 aromatic heterocycles. The molecule has 2 heterocycles. The highest BCUT2D eigenvalue weighted by atomic mass is 16.5. The van der Waals surface area contributed by atoms with Gasteiger partial charge in [0.2, 0.25) is 0 Å². The van der Waals surface area contributed by atoms with Crippen molar-refractivity contribution in [1.82, 2.24) is 25.5 Å². The third kappa shape index (κ3) is 2.65. The highest BCUT2D eigenvalue weighted by Gasteiger charge is 2.18. The van der Waals surface area contributed by atoms with Crippen LogP contribution in [-0.4, -0.2) is 40.4 Å². The van der Waals surface area contributed by atoms with Gasteiger partial charge in [-0.2, -0.15) is 0 Å². The van der Waals surface area contributed by atoms with Gasteiger partial charge in [-0.15, -0.1) is 5.10 Å². The summed E-state index contributed by atoms with van der Waals surface area (Å²) in [5.41, 5.74) is 0.939. The van der Waals surface area contributed by atoms with Crippen molar-refractivity contribution in [3.05, 3.63) is 24.3 Å². The van der Waals surface area contributed by atoms with Crippen molar-refractivity contribution in [1.29, 1.82) is 0 Å². The van der Waals surface area contributed by atoms with E-state index in [1.54, 1.807) is 7.11 Å². The largest absolute Gasteiger partial charge is 0.496 e. The van der Waals surface area contributed by atoms with Gasteiger partial charge in [-0.1, -0.05) is 12.1 Å². The van der Waals surface area contributed by atoms with Crippen molar-refractivity contribution in [3.63, 3.8) is 0 Å². The van der Waals surface area contributed by atoms with E-state index in [1.165, 1.54) is 12.8 Å². The second-order valence-electron chi connectivity index (χ2n) is 5.08. The number of aromatic nitrogens is 4. The van der Waals surface area contributed by atoms with Crippen LogP contribution in [0.3, 0.4) is 0 Å². The van der Waals surface area contributed by atoms with Crippen LogP contribution in [0.4, 0.5) is 0 Å². The molecule has 2 aromatic rings. The van der Waals surface area contributed by atoms with E-state index >= 15 is 0 Å². The van der Waals surface area contributed by atoms with Gasteiger partial charge in [-0.05, 0) is 54.4 Å². The molecule has 0 unspecified atom stereocenters. The van der Waals surface area contributed by atoms with E-state index in [9.17, 15) is 0 Å². The Balaban J connectivity index is 1.85. The third-order valence-electron chi connectivity index (χ3n) is 3.77. The minimum atomic E-state index is 0.633. The second-order valence-corrected chi connectivity index (χ2v) is 5.08. The summed E-state index contributed by atoms with van der Waals surface area (Å²) in [6.07, 6.45) is 2.34. The van der Waals surface area contributed by atoms with Gasteiger partial charge in [0.25, 0.3) is 0 Å². The number of nitrogens with zero attached hydrogens (tertiary/aromatic N) is 4. The zero-order chi connectivity index (χ0) is 13.8. The Kier molecular flexibility index (Phi) is 3.92. The van der Waals surface area contributed by atoms with Gasteiger partial charge in [0, 0.05) is 6.54 Å². The molecular formula is C14H19N5O. The van der Waals surface area contributed by atoms with E-state index in [2.05, 4.69) is 20.8 Å². The molecular weight excluding hydrogens is 254 g/mol. The summed E-state index contributed by atoms with van der Waals surface area (Å²) in [6.45, 7) is 3.02. The summed E-state index contributed by atoms with van der Waals surface area (Å²) < 4.78 is 7.29. The minimum Gasteiger partial charge on any atom is -0.496 e.